The molecular weight excluding hydrogens is 344 g/mol. The Hall–Kier alpha value is -2.67. The van der Waals surface area contributed by atoms with E-state index in [1.165, 1.54) is 4.90 Å². The number of aryl methyl sites for hydroxylation is 1. The van der Waals surface area contributed by atoms with Crippen molar-refractivity contribution in [2.45, 2.75) is 39.3 Å². The largest absolute Gasteiger partial charge is 0.530 e. The van der Waals surface area contributed by atoms with Crippen LogP contribution in [0.2, 0.25) is 0 Å². The normalized spacial score (nSPS) is 24.3. The van der Waals surface area contributed by atoms with Gasteiger partial charge in [-0.05, 0) is 26.0 Å². The predicted octanol–water partition coefficient (Wildman–Crippen LogP) is 2.07. The van der Waals surface area contributed by atoms with E-state index in [2.05, 4.69) is 4.98 Å². The summed E-state index contributed by atoms with van der Waals surface area (Å²) in [5, 5.41) is 11.7. The minimum atomic E-state index is -1.19. The molecule has 0 fully saturated rings. The molecule has 144 valence electrons. The van der Waals surface area contributed by atoms with Crippen molar-refractivity contribution in [2.24, 2.45) is 7.05 Å². The van der Waals surface area contributed by atoms with Gasteiger partial charge in [0.1, 0.15) is 11.8 Å². The number of rotatable bonds is 3. The summed E-state index contributed by atoms with van der Waals surface area (Å²) < 4.78 is 2.02. The molecule has 0 saturated heterocycles. The number of imidazole rings is 1. The van der Waals surface area contributed by atoms with Crippen LogP contribution in [0, 0.1) is 0 Å². The Labute approximate surface area is 159 Å². The lowest BCUT2D eigenvalue weighted by atomic mass is 9.87. The topological polar surface area (TPSA) is 78.3 Å². The van der Waals surface area contributed by atoms with E-state index >= 15 is 0 Å². The second kappa shape index (κ2) is 6.81. The summed E-state index contributed by atoms with van der Waals surface area (Å²) in [4.78, 5) is 30.0. The van der Waals surface area contributed by atoms with Gasteiger partial charge in [0.2, 0.25) is 0 Å². The highest BCUT2D eigenvalue weighted by Gasteiger charge is 2.47. The number of benzene rings is 1. The van der Waals surface area contributed by atoms with E-state index < -0.39 is 6.09 Å². The Morgan fingerprint density at radius 3 is 2.63 bits per heavy atom. The highest BCUT2D eigenvalue weighted by atomic mass is 16.4. The van der Waals surface area contributed by atoms with Gasteiger partial charge in [-0.2, -0.15) is 0 Å². The molecular formula is C20H26N4O3. The zero-order valence-corrected chi connectivity index (χ0v) is 16.5. The molecule has 7 heteroatoms. The Balaban J connectivity index is 2.22. The maximum absolute atomic E-state index is 12.5. The molecule has 3 rings (SSSR count). The zero-order valence-electron chi connectivity index (χ0n) is 16.5. The van der Waals surface area contributed by atoms with Gasteiger partial charge >= 0.3 is 5.91 Å². The number of nitrogens with zero attached hydrogens (tertiary/aromatic N) is 4. The van der Waals surface area contributed by atoms with Gasteiger partial charge in [-0.3, -0.25) is 0 Å². The van der Waals surface area contributed by atoms with E-state index in [1.807, 2.05) is 50.0 Å². The quantitative estimate of drug-likeness (QED) is 0.775. The van der Waals surface area contributed by atoms with Crippen LogP contribution < -0.4 is 9.59 Å². The number of fused-ring (bicyclic) bond motifs is 1. The van der Waals surface area contributed by atoms with Gasteiger partial charge in [0, 0.05) is 43.4 Å². The Kier molecular flexibility index (Phi) is 4.82. The molecule has 7 nitrogen and oxygen atoms in total. The smallest absolute Gasteiger partial charge is 0.315 e. The monoisotopic (exact) mass is 370 g/mol. The second-order valence-corrected chi connectivity index (χ2v) is 7.44. The molecule has 27 heavy (non-hydrogen) atoms. The standard InChI is InChI=1S/C20H26N4O3/c1-6-23(20(26)27)18-9-13(2)24(5,14(3)25)19-8-7-15(10-16(18)19)17-11-22(4)12-21-17/h7-8,10-13,18H,6,9H2,1-5H3/t13-,18+,24?/m0/s1. The molecule has 1 aromatic heterocycles. The van der Waals surface area contributed by atoms with Crippen LogP contribution in [-0.2, 0) is 11.8 Å². The zero-order chi connectivity index (χ0) is 19.9. The fourth-order valence-corrected chi connectivity index (χ4v) is 4.12. The van der Waals surface area contributed by atoms with E-state index in [9.17, 15) is 14.7 Å². The highest BCUT2D eigenvalue weighted by molar-refractivity contribution is 5.89. The van der Waals surface area contributed by atoms with Crippen molar-refractivity contribution in [1.29, 1.82) is 0 Å². The van der Waals surface area contributed by atoms with Crippen LogP contribution in [0.1, 0.15) is 38.8 Å². The van der Waals surface area contributed by atoms with E-state index in [0.29, 0.717) is 13.0 Å². The van der Waals surface area contributed by atoms with Crippen LogP contribution in [0.5, 0.6) is 0 Å². The molecule has 1 unspecified atom stereocenters. The lowest BCUT2D eigenvalue weighted by molar-refractivity contribution is -0.268. The van der Waals surface area contributed by atoms with Crippen molar-refractivity contribution in [3.63, 3.8) is 0 Å². The van der Waals surface area contributed by atoms with Crippen LogP contribution in [-0.4, -0.2) is 46.1 Å². The van der Waals surface area contributed by atoms with Gasteiger partial charge in [0.15, 0.2) is 0 Å². The molecule has 2 heterocycles. The third-order valence-electron chi connectivity index (χ3n) is 5.94. The third kappa shape index (κ3) is 3.02. The molecule has 0 aliphatic carbocycles. The van der Waals surface area contributed by atoms with Crippen LogP contribution in [0.3, 0.4) is 0 Å². The Morgan fingerprint density at radius 2 is 2.11 bits per heavy atom. The van der Waals surface area contributed by atoms with Gasteiger partial charge in [0.05, 0.1) is 38.1 Å². The maximum atomic E-state index is 12.5. The molecule has 0 N–H and O–H groups in total. The number of hydrogen-bond donors (Lipinski definition) is 0. The molecule has 0 spiro atoms. The van der Waals surface area contributed by atoms with E-state index in [1.54, 1.807) is 20.2 Å². The molecule has 3 atom stereocenters. The maximum Gasteiger partial charge on any atom is 0.315 e. The number of hydrogen-bond acceptors (Lipinski definition) is 4. The van der Waals surface area contributed by atoms with Crippen molar-refractivity contribution in [1.82, 2.24) is 18.9 Å². The number of carbonyl (C=O) groups excluding carboxylic acids is 2. The van der Waals surface area contributed by atoms with Crippen molar-refractivity contribution in [3.8, 4) is 11.3 Å². The first kappa shape index (κ1) is 19.1. The predicted molar refractivity (Wildman–Crippen MR) is 102 cm³/mol. The first-order chi connectivity index (χ1) is 12.7. The van der Waals surface area contributed by atoms with E-state index in [4.69, 9.17) is 0 Å². The number of carboxylic acid groups (broad SMARTS) is 1. The Morgan fingerprint density at radius 1 is 1.41 bits per heavy atom. The van der Waals surface area contributed by atoms with Crippen LogP contribution in [0.25, 0.3) is 11.3 Å². The van der Waals surface area contributed by atoms with Crippen LogP contribution >= 0.6 is 0 Å². The Bertz CT molecular complexity index is 891. The summed E-state index contributed by atoms with van der Waals surface area (Å²) in [7, 11) is 3.80. The van der Waals surface area contributed by atoms with Gasteiger partial charge in [0.25, 0.3) is 0 Å². The SMILES string of the molecule is CCN(C(=O)[O-])[C@@H]1C[C@H](C)[N+](C)(C(C)=O)c2ccc(-c3cn(C)cn3)cc21. The summed E-state index contributed by atoms with van der Waals surface area (Å²) in [5.74, 6) is 0.0317. The van der Waals surface area contributed by atoms with Crippen molar-refractivity contribution < 1.29 is 14.7 Å². The molecule has 2 amide bonds. The van der Waals surface area contributed by atoms with Crippen LogP contribution in [0.4, 0.5) is 10.5 Å². The van der Waals surface area contributed by atoms with Crippen molar-refractivity contribution >= 4 is 17.7 Å². The highest BCUT2D eigenvalue weighted by Crippen LogP contribution is 2.45. The molecule has 0 bridgehead atoms. The number of aromatic nitrogens is 2. The van der Waals surface area contributed by atoms with Gasteiger partial charge in [-0.1, -0.05) is 0 Å². The minimum Gasteiger partial charge on any atom is -0.530 e. The van der Waals surface area contributed by atoms with Crippen molar-refractivity contribution in [3.05, 3.63) is 36.3 Å². The summed E-state index contributed by atoms with van der Waals surface area (Å²) in [6.07, 6.45) is 3.00. The van der Waals surface area contributed by atoms with Gasteiger partial charge in [-0.15, -0.1) is 0 Å². The second-order valence-electron chi connectivity index (χ2n) is 7.44. The third-order valence-corrected chi connectivity index (χ3v) is 5.94. The molecule has 0 radical (unpaired) electrons. The number of amides is 2. The minimum absolute atomic E-state index is 0.0317. The van der Waals surface area contributed by atoms with E-state index in [0.717, 1.165) is 22.5 Å². The summed E-state index contributed by atoms with van der Waals surface area (Å²) in [5.41, 5.74) is 3.40. The molecule has 1 aromatic carbocycles. The van der Waals surface area contributed by atoms with Crippen LogP contribution in [0.15, 0.2) is 30.7 Å². The average Bonchev–Trinajstić information content (AvgIpc) is 3.05. The fraction of sp³-hybridized carbons (Fsp3) is 0.450. The summed E-state index contributed by atoms with van der Waals surface area (Å²) in [6, 6.07) is 5.46. The molecule has 1 aliphatic rings. The van der Waals surface area contributed by atoms with Gasteiger partial charge in [-0.25, -0.2) is 14.3 Å². The lowest BCUT2D eigenvalue weighted by Crippen LogP contribution is -2.60. The molecule has 2 aromatic rings. The molecule has 1 aliphatic heterocycles. The lowest BCUT2D eigenvalue weighted by Gasteiger charge is -2.46. The number of carbonyl (C=O) groups is 2. The summed E-state index contributed by atoms with van der Waals surface area (Å²) in [6.45, 7) is 5.71. The fourth-order valence-electron chi connectivity index (χ4n) is 4.12. The van der Waals surface area contributed by atoms with Crippen molar-refractivity contribution in [2.75, 3.05) is 13.6 Å². The van der Waals surface area contributed by atoms with E-state index in [-0.39, 0.29) is 22.5 Å². The first-order valence-corrected chi connectivity index (χ1v) is 9.17. The average molecular weight is 370 g/mol. The number of quaternary nitrogens is 1. The molecule has 0 saturated carbocycles. The first-order valence-electron chi connectivity index (χ1n) is 9.17. The van der Waals surface area contributed by atoms with Gasteiger partial charge < -0.3 is 19.4 Å². The summed E-state index contributed by atoms with van der Waals surface area (Å²) >= 11 is 0.